The number of anilines is 1. The number of rotatable bonds is 3. The minimum atomic E-state index is -0.542. The van der Waals surface area contributed by atoms with Gasteiger partial charge in [-0.3, -0.25) is 14.6 Å². The van der Waals surface area contributed by atoms with Gasteiger partial charge in [0.05, 0.1) is 10.5 Å². The molecule has 6 nitrogen and oxygen atoms in total. The van der Waals surface area contributed by atoms with Gasteiger partial charge >= 0.3 is 5.24 Å². The molecule has 0 spiro atoms. The number of imide groups is 1. The largest absolute Gasteiger partial charge is 0.326 e. The Bertz CT molecular complexity index is 1190. The highest BCUT2D eigenvalue weighted by atomic mass is 35.5. The number of thioether (sulfide) groups is 1. The molecule has 2 heterocycles. The molecule has 2 aromatic carbocycles. The van der Waals surface area contributed by atoms with E-state index < -0.39 is 4.75 Å². The molecule has 0 atom stereocenters. The van der Waals surface area contributed by atoms with E-state index >= 15 is 0 Å². The van der Waals surface area contributed by atoms with Gasteiger partial charge in [-0.25, -0.2) is 0 Å². The Hall–Kier alpha value is -2.64. The van der Waals surface area contributed by atoms with Crippen molar-refractivity contribution in [3.05, 3.63) is 64.2 Å². The monoisotopic (exact) mass is 496 g/mol. The molecule has 0 saturated carbocycles. The van der Waals surface area contributed by atoms with Crippen LogP contribution in [0.2, 0.25) is 5.02 Å². The zero-order valence-electron chi connectivity index (χ0n) is 20.1. The van der Waals surface area contributed by atoms with Crippen molar-refractivity contribution in [3.63, 3.8) is 0 Å². The topological polar surface area (TPSA) is 65.3 Å². The Labute approximate surface area is 210 Å². The summed E-state index contributed by atoms with van der Waals surface area (Å²) in [5.74, 6) is 0.548. The highest BCUT2D eigenvalue weighted by molar-refractivity contribution is 8.15. The first kappa shape index (κ1) is 24.5. The molecule has 0 aromatic heterocycles. The van der Waals surface area contributed by atoms with Gasteiger partial charge in [-0.15, -0.1) is 0 Å². The second-order valence-corrected chi connectivity index (χ2v) is 11.3. The van der Waals surface area contributed by atoms with Gasteiger partial charge in [0.15, 0.2) is 0 Å². The predicted octanol–water partition coefficient (Wildman–Crippen LogP) is 6.15. The fraction of sp³-hybridized carbons (Fsp3) is 0.385. The maximum absolute atomic E-state index is 12.4. The molecule has 2 aliphatic rings. The van der Waals surface area contributed by atoms with Crippen molar-refractivity contribution in [2.45, 2.75) is 58.2 Å². The van der Waals surface area contributed by atoms with Crippen LogP contribution < -0.4 is 4.90 Å². The standard InChI is InChI=1S/C26H29ClN4O2S/c1-16(2)28-24(18-8-11-21(27)12-9-18)30-14-6-7-19-15-20(10-13-22(19)30)23-26(4,5)34-25(33)31(29-23)17(3)32/h8-13,15-16H,6-7,14H2,1-5H3/b28-24-. The number of aliphatic imine (C=N–C) groups is 1. The number of nitrogens with zero attached hydrogens (tertiary/aromatic N) is 4. The van der Waals surface area contributed by atoms with Crippen LogP contribution in [0.4, 0.5) is 10.5 Å². The summed E-state index contributed by atoms with van der Waals surface area (Å²) in [5, 5.41) is 5.78. The maximum Gasteiger partial charge on any atom is 0.309 e. The average molecular weight is 497 g/mol. The van der Waals surface area contributed by atoms with E-state index in [1.165, 1.54) is 12.5 Å². The minimum Gasteiger partial charge on any atom is -0.326 e. The second kappa shape index (κ2) is 9.55. The first-order valence-corrected chi connectivity index (χ1v) is 12.6. The number of aryl methyl sites for hydroxylation is 1. The molecule has 0 radical (unpaired) electrons. The van der Waals surface area contributed by atoms with Crippen LogP contribution in [0, 0.1) is 0 Å². The number of hydrogen-bond acceptors (Lipinski definition) is 5. The van der Waals surface area contributed by atoms with Gasteiger partial charge in [-0.2, -0.15) is 10.1 Å². The summed E-state index contributed by atoms with van der Waals surface area (Å²) in [4.78, 5) is 31.5. The van der Waals surface area contributed by atoms with Crippen LogP contribution >= 0.6 is 23.4 Å². The molecule has 0 fully saturated rings. The fourth-order valence-electron chi connectivity index (χ4n) is 4.28. The van der Waals surface area contributed by atoms with E-state index in [-0.39, 0.29) is 17.2 Å². The Balaban J connectivity index is 1.77. The average Bonchev–Trinajstić information content (AvgIpc) is 2.76. The highest BCUT2D eigenvalue weighted by Gasteiger charge is 2.39. The number of hydrazone groups is 1. The molecule has 2 amide bonds. The van der Waals surface area contributed by atoms with Gasteiger partial charge in [-0.05, 0) is 99.8 Å². The zero-order chi connectivity index (χ0) is 24.6. The molecule has 34 heavy (non-hydrogen) atoms. The number of amidine groups is 1. The summed E-state index contributed by atoms with van der Waals surface area (Å²) in [7, 11) is 0. The number of carbonyl (C=O) groups is 2. The predicted molar refractivity (Wildman–Crippen MR) is 141 cm³/mol. The van der Waals surface area contributed by atoms with E-state index in [9.17, 15) is 9.59 Å². The van der Waals surface area contributed by atoms with E-state index in [0.717, 1.165) is 64.5 Å². The SMILES string of the molecule is CC(=O)N1N=C(c2ccc3c(c2)CCCN3/C(=N\C(C)C)c2ccc(Cl)cc2)C(C)(C)SC1=O. The quantitative estimate of drug-likeness (QED) is 0.378. The van der Waals surface area contributed by atoms with Crippen LogP contribution in [0.5, 0.6) is 0 Å². The van der Waals surface area contributed by atoms with Crippen LogP contribution in [0.25, 0.3) is 0 Å². The lowest BCUT2D eigenvalue weighted by Gasteiger charge is -2.35. The third-order valence-corrected chi connectivity index (χ3v) is 7.10. The van der Waals surface area contributed by atoms with Crippen molar-refractivity contribution in [2.75, 3.05) is 11.4 Å². The van der Waals surface area contributed by atoms with Crippen molar-refractivity contribution in [1.82, 2.24) is 5.01 Å². The van der Waals surface area contributed by atoms with E-state index in [1.54, 1.807) is 0 Å². The van der Waals surface area contributed by atoms with E-state index in [1.807, 2.05) is 44.2 Å². The van der Waals surface area contributed by atoms with Crippen molar-refractivity contribution in [1.29, 1.82) is 0 Å². The third kappa shape index (κ3) is 4.91. The van der Waals surface area contributed by atoms with Crippen molar-refractivity contribution in [3.8, 4) is 0 Å². The molecular formula is C26H29ClN4O2S. The third-order valence-electron chi connectivity index (χ3n) is 5.79. The molecule has 0 saturated heterocycles. The first-order chi connectivity index (χ1) is 16.1. The van der Waals surface area contributed by atoms with Crippen LogP contribution in [-0.2, 0) is 11.2 Å². The summed E-state index contributed by atoms with van der Waals surface area (Å²) in [6.45, 7) is 10.3. The van der Waals surface area contributed by atoms with Gasteiger partial charge in [0.25, 0.3) is 0 Å². The number of halogens is 1. The van der Waals surface area contributed by atoms with Crippen molar-refractivity contribution in [2.24, 2.45) is 10.1 Å². The number of fused-ring (bicyclic) bond motifs is 1. The van der Waals surface area contributed by atoms with Crippen LogP contribution in [0.15, 0.2) is 52.6 Å². The van der Waals surface area contributed by atoms with Gasteiger partial charge in [0.2, 0.25) is 5.91 Å². The molecule has 0 bridgehead atoms. The number of carbonyl (C=O) groups excluding carboxylic acids is 2. The molecule has 4 rings (SSSR count). The van der Waals surface area contributed by atoms with Crippen molar-refractivity contribution >= 4 is 51.7 Å². The second-order valence-electron chi connectivity index (χ2n) is 9.31. The van der Waals surface area contributed by atoms with Crippen LogP contribution in [0.1, 0.15) is 57.7 Å². The van der Waals surface area contributed by atoms with Crippen molar-refractivity contribution < 1.29 is 9.59 Å². The van der Waals surface area contributed by atoms with Gasteiger partial charge < -0.3 is 4.90 Å². The molecule has 0 aliphatic carbocycles. The molecular weight excluding hydrogens is 468 g/mol. The fourth-order valence-corrected chi connectivity index (χ4v) is 5.36. The first-order valence-electron chi connectivity index (χ1n) is 11.4. The lowest BCUT2D eigenvalue weighted by molar-refractivity contribution is -0.125. The maximum atomic E-state index is 12.4. The molecule has 0 N–H and O–H groups in total. The van der Waals surface area contributed by atoms with E-state index in [0.29, 0.717) is 5.02 Å². The molecule has 2 aromatic rings. The van der Waals surface area contributed by atoms with E-state index in [4.69, 9.17) is 16.6 Å². The Morgan fingerprint density at radius 1 is 1.18 bits per heavy atom. The number of hydrogen-bond donors (Lipinski definition) is 0. The number of benzene rings is 2. The molecule has 0 unspecified atom stereocenters. The minimum absolute atomic E-state index is 0.139. The summed E-state index contributed by atoms with van der Waals surface area (Å²) in [6, 6.07) is 14.2. The summed E-state index contributed by atoms with van der Waals surface area (Å²) in [5.41, 5.74) is 4.99. The molecule has 2 aliphatic heterocycles. The Kier molecular flexibility index (Phi) is 6.87. The zero-order valence-corrected chi connectivity index (χ0v) is 21.7. The van der Waals surface area contributed by atoms with E-state index in [2.05, 4.69) is 36.0 Å². The highest BCUT2D eigenvalue weighted by Crippen LogP contribution is 2.38. The molecule has 178 valence electrons. The van der Waals surface area contributed by atoms with Crippen LogP contribution in [0.3, 0.4) is 0 Å². The van der Waals surface area contributed by atoms with Gasteiger partial charge in [0.1, 0.15) is 5.84 Å². The van der Waals surface area contributed by atoms with Gasteiger partial charge in [0, 0.05) is 35.8 Å². The molecule has 8 heteroatoms. The summed E-state index contributed by atoms with van der Waals surface area (Å²) >= 11 is 7.26. The normalized spacial score (nSPS) is 18.1. The smallest absolute Gasteiger partial charge is 0.309 e. The summed E-state index contributed by atoms with van der Waals surface area (Å²) < 4.78 is -0.542. The Morgan fingerprint density at radius 2 is 1.88 bits per heavy atom. The number of amides is 2. The Morgan fingerprint density at radius 3 is 2.53 bits per heavy atom. The lowest BCUT2D eigenvalue weighted by Crippen LogP contribution is -2.43. The van der Waals surface area contributed by atoms with Crippen LogP contribution in [-0.4, -0.2) is 45.0 Å². The summed E-state index contributed by atoms with van der Waals surface area (Å²) in [6.07, 6.45) is 1.93. The van der Waals surface area contributed by atoms with Gasteiger partial charge in [-0.1, -0.05) is 17.7 Å². The lowest BCUT2D eigenvalue weighted by atomic mass is 9.93.